The Hall–Kier alpha value is -2.13. The van der Waals surface area contributed by atoms with Gasteiger partial charge in [0.25, 0.3) is 5.91 Å². The quantitative estimate of drug-likeness (QED) is 0.713. The monoisotopic (exact) mass is 347 g/mol. The van der Waals surface area contributed by atoms with Crippen LogP contribution in [0.1, 0.15) is 47.8 Å². The Labute approximate surface area is 151 Å². The number of amides is 1. The van der Waals surface area contributed by atoms with Crippen LogP contribution in [0.2, 0.25) is 18.1 Å². The molecule has 1 atom stereocenters. The zero-order valence-electron chi connectivity index (χ0n) is 15.6. The van der Waals surface area contributed by atoms with E-state index >= 15 is 0 Å². The molecule has 0 saturated carbocycles. The molecule has 0 fully saturated rings. The molecule has 2 aromatic rings. The molecule has 4 rings (SSSR count). The number of hydrogen-bond acceptors (Lipinski definition) is 1. The van der Waals surface area contributed by atoms with Gasteiger partial charge in [0.05, 0.1) is 8.07 Å². The SMILES string of the molecule is CC(C)(C)[Si](C)(C)C1=Cc2ccccc2C12NC(=O)c1ccccc12. The van der Waals surface area contributed by atoms with E-state index in [1.165, 1.54) is 16.3 Å². The topological polar surface area (TPSA) is 29.1 Å². The molecule has 1 unspecified atom stereocenters. The van der Waals surface area contributed by atoms with Gasteiger partial charge >= 0.3 is 0 Å². The molecule has 0 saturated heterocycles. The summed E-state index contributed by atoms with van der Waals surface area (Å²) in [4.78, 5) is 12.8. The van der Waals surface area contributed by atoms with Gasteiger partial charge in [0.2, 0.25) is 0 Å². The van der Waals surface area contributed by atoms with Gasteiger partial charge in [-0.2, -0.15) is 0 Å². The molecule has 1 spiro atoms. The van der Waals surface area contributed by atoms with E-state index < -0.39 is 13.6 Å². The van der Waals surface area contributed by atoms with Crippen molar-refractivity contribution in [3.8, 4) is 0 Å². The van der Waals surface area contributed by atoms with E-state index in [-0.39, 0.29) is 10.9 Å². The highest BCUT2D eigenvalue weighted by Crippen LogP contribution is 2.56. The summed E-state index contributed by atoms with van der Waals surface area (Å²) in [7, 11) is -1.86. The largest absolute Gasteiger partial charge is 0.335 e. The van der Waals surface area contributed by atoms with Gasteiger partial charge in [-0.25, -0.2) is 0 Å². The maximum atomic E-state index is 12.8. The zero-order valence-corrected chi connectivity index (χ0v) is 16.6. The highest BCUT2D eigenvalue weighted by molar-refractivity contribution is 6.88. The first-order chi connectivity index (χ1) is 11.7. The van der Waals surface area contributed by atoms with E-state index in [1.54, 1.807) is 0 Å². The second-order valence-electron chi connectivity index (χ2n) is 8.77. The second kappa shape index (κ2) is 4.95. The van der Waals surface area contributed by atoms with Gasteiger partial charge < -0.3 is 5.32 Å². The Morgan fingerprint density at radius 3 is 2.20 bits per heavy atom. The molecule has 0 bridgehead atoms. The molecule has 0 radical (unpaired) electrons. The van der Waals surface area contributed by atoms with Gasteiger partial charge in [-0.3, -0.25) is 4.79 Å². The fourth-order valence-corrected chi connectivity index (χ4v) is 6.76. The van der Waals surface area contributed by atoms with Gasteiger partial charge in [0.1, 0.15) is 5.54 Å². The molecular formula is C22H25NOSi. The van der Waals surface area contributed by atoms with Crippen molar-refractivity contribution in [2.24, 2.45) is 0 Å². The van der Waals surface area contributed by atoms with Crippen molar-refractivity contribution < 1.29 is 4.79 Å². The van der Waals surface area contributed by atoms with Crippen LogP contribution in [0.3, 0.4) is 0 Å². The minimum Gasteiger partial charge on any atom is -0.335 e. The van der Waals surface area contributed by atoms with Crippen LogP contribution in [0.25, 0.3) is 6.08 Å². The molecule has 128 valence electrons. The minimum atomic E-state index is -1.86. The normalized spacial score (nSPS) is 21.8. The van der Waals surface area contributed by atoms with Crippen molar-refractivity contribution in [2.45, 2.75) is 44.4 Å². The van der Waals surface area contributed by atoms with Crippen LogP contribution in [0.15, 0.2) is 53.7 Å². The summed E-state index contributed by atoms with van der Waals surface area (Å²) < 4.78 is 0. The number of benzene rings is 2. The van der Waals surface area contributed by atoms with E-state index in [0.717, 1.165) is 11.1 Å². The highest BCUT2D eigenvalue weighted by Gasteiger charge is 2.56. The van der Waals surface area contributed by atoms with Crippen LogP contribution < -0.4 is 5.32 Å². The predicted octanol–water partition coefficient (Wildman–Crippen LogP) is 5.12. The van der Waals surface area contributed by atoms with Gasteiger partial charge in [0.15, 0.2) is 0 Å². The smallest absolute Gasteiger partial charge is 0.252 e. The summed E-state index contributed by atoms with van der Waals surface area (Å²) in [5.41, 5.74) is 3.88. The number of hydrogen-bond donors (Lipinski definition) is 1. The average molecular weight is 348 g/mol. The lowest BCUT2D eigenvalue weighted by Crippen LogP contribution is -2.52. The fourth-order valence-electron chi connectivity index (χ4n) is 4.16. The van der Waals surface area contributed by atoms with Crippen molar-refractivity contribution in [1.29, 1.82) is 0 Å². The fraction of sp³-hybridized carbons (Fsp3) is 0.318. The lowest BCUT2D eigenvalue weighted by Gasteiger charge is -2.45. The second-order valence-corrected chi connectivity index (χ2v) is 14.1. The van der Waals surface area contributed by atoms with Gasteiger partial charge in [-0.1, -0.05) is 82.4 Å². The molecule has 0 aromatic heterocycles. The first-order valence-electron chi connectivity index (χ1n) is 8.94. The lowest BCUT2D eigenvalue weighted by atomic mass is 9.85. The molecular weight excluding hydrogens is 322 g/mol. The van der Waals surface area contributed by atoms with E-state index in [9.17, 15) is 4.79 Å². The van der Waals surface area contributed by atoms with Crippen LogP contribution in [0.5, 0.6) is 0 Å². The number of fused-ring (bicyclic) bond motifs is 4. The third-order valence-corrected chi connectivity index (χ3v) is 12.1. The number of rotatable bonds is 1. The van der Waals surface area contributed by atoms with Crippen molar-refractivity contribution in [2.75, 3.05) is 0 Å². The van der Waals surface area contributed by atoms with E-state index in [0.29, 0.717) is 0 Å². The van der Waals surface area contributed by atoms with E-state index in [1.807, 2.05) is 18.2 Å². The Morgan fingerprint density at radius 2 is 1.52 bits per heavy atom. The number of nitrogens with one attached hydrogen (secondary N) is 1. The Kier molecular flexibility index (Phi) is 3.23. The zero-order chi connectivity index (χ0) is 18.0. The molecule has 1 aliphatic carbocycles. The van der Waals surface area contributed by atoms with E-state index in [2.05, 4.69) is 75.6 Å². The predicted molar refractivity (Wildman–Crippen MR) is 106 cm³/mol. The van der Waals surface area contributed by atoms with Crippen LogP contribution in [0.4, 0.5) is 0 Å². The molecule has 2 aromatic carbocycles. The standard InChI is InChI=1S/C22H25NOSi/c1-21(2,3)25(4,5)19-14-15-10-6-8-12-17(15)22(19)18-13-9-7-11-16(18)20(24)23-22/h6-14H,1-5H3,(H,23,24). The summed E-state index contributed by atoms with van der Waals surface area (Å²) >= 11 is 0. The van der Waals surface area contributed by atoms with Crippen LogP contribution in [0, 0.1) is 0 Å². The third kappa shape index (κ3) is 1.99. The van der Waals surface area contributed by atoms with Gasteiger partial charge in [-0.05, 0) is 33.0 Å². The maximum Gasteiger partial charge on any atom is 0.252 e. The molecule has 2 aliphatic rings. The summed E-state index contributed by atoms with van der Waals surface area (Å²) in [6.45, 7) is 11.9. The Bertz CT molecular complexity index is 920. The van der Waals surface area contributed by atoms with Crippen molar-refractivity contribution >= 4 is 20.1 Å². The molecule has 1 amide bonds. The minimum absolute atomic E-state index is 0.0388. The van der Waals surface area contributed by atoms with Crippen molar-refractivity contribution in [3.05, 3.63) is 76.0 Å². The average Bonchev–Trinajstić information content (AvgIpc) is 3.04. The van der Waals surface area contributed by atoms with E-state index in [4.69, 9.17) is 0 Å². The molecule has 3 heteroatoms. The van der Waals surface area contributed by atoms with Crippen molar-refractivity contribution in [3.63, 3.8) is 0 Å². The summed E-state index contributed by atoms with van der Waals surface area (Å²) in [6.07, 6.45) is 2.36. The van der Waals surface area contributed by atoms with Gasteiger partial charge in [0, 0.05) is 5.56 Å². The Morgan fingerprint density at radius 1 is 0.920 bits per heavy atom. The summed E-state index contributed by atoms with van der Waals surface area (Å²) in [5.74, 6) is 0.0388. The lowest BCUT2D eigenvalue weighted by molar-refractivity contribution is 0.0949. The molecule has 1 heterocycles. The highest BCUT2D eigenvalue weighted by atomic mass is 28.3. The third-order valence-electron chi connectivity index (χ3n) is 6.49. The molecule has 1 N–H and O–H groups in total. The van der Waals surface area contributed by atoms with Crippen molar-refractivity contribution in [1.82, 2.24) is 5.32 Å². The molecule has 1 aliphatic heterocycles. The molecule has 2 nitrogen and oxygen atoms in total. The molecule has 25 heavy (non-hydrogen) atoms. The Balaban J connectivity index is 2.06. The van der Waals surface area contributed by atoms with Crippen LogP contribution in [-0.4, -0.2) is 14.0 Å². The first kappa shape index (κ1) is 16.3. The van der Waals surface area contributed by atoms with Gasteiger partial charge in [-0.15, -0.1) is 0 Å². The van der Waals surface area contributed by atoms with Crippen LogP contribution >= 0.6 is 0 Å². The number of carbonyl (C=O) groups excluding carboxylic acids is 1. The summed E-state index contributed by atoms with van der Waals surface area (Å²) in [5, 5.41) is 5.01. The maximum absolute atomic E-state index is 12.8. The summed E-state index contributed by atoms with van der Waals surface area (Å²) in [6, 6.07) is 16.6. The first-order valence-corrected chi connectivity index (χ1v) is 11.9. The number of carbonyl (C=O) groups is 1. The van der Waals surface area contributed by atoms with Crippen LogP contribution in [-0.2, 0) is 5.54 Å².